The highest BCUT2D eigenvalue weighted by molar-refractivity contribution is 6.27. The van der Waals surface area contributed by atoms with E-state index in [0.29, 0.717) is 0 Å². The molecule has 21 aromatic carbocycles. The summed E-state index contributed by atoms with van der Waals surface area (Å²) >= 11 is 0. The van der Waals surface area contributed by atoms with Gasteiger partial charge in [-0.05, 0) is 241 Å². The van der Waals surface area contributed by atoms with Gasteiger partial charge in [0, 0.05) is 98.8 Å². The predicted molar refractivity (Wildman–Crippen MR) is 541 cm³/mol. The van der Waals surface area contributed by atoms with E-state index < -0.39 is 0 Å². The minimum Gasteiger partial charge on any atom is -0.309 e. The molecule has 0 aliphatic carbocycles. The Kier molecular flexibility index (Phi) is 16.6. The highest BCUT2D eigenvalue weighted by atomic mass is 15.0. The lowest BCUT2D eigenvalue weighted by Crippen LogP contribution is -1.96. The Morgan fingerprint density at radius 1 is 0.109 bits per heavy atom. The molecule has 0 unspecified atom stereocenters. The second kappa shape index (κ2) is 29.3. The van der Waals surface area contributed by atoms with Gasteiger partial charge in [0.2, 0.25) is 0 Å². The first-order chi connectivity index (χ1) is 63.5. The number of rotatable bonds is 11. The SMILES string of the molecule is c1ccc(-c2ccc(-n3c4ccccc4c4cc(-c5ccc6c(c5)c5cc7c8ccccc8n(-c8ccc(-c9ccccc9)cc8)c7cc5n6-c5ccc6ccccc6c5)ccc43)cc2)cc1.c1ccc(-c2ccc(-n3c4ccccc4c4cc(-c5ccc6c(c5)c5ccc7c(c8ccccc8n7-c7ccccc7)c5n6-c5ccc6ccccc6c5)ccc43)cc2)cc1. The summed E-state index contributed by atoms with van der Waals surface area (Å²) in [6.45, 7) is 0. The highest BCUT2D eigenvalue weighted by Crippen LogP contribution is 2.48. The number of nitrogens with zero attached hydrogens (tertiary/aromatic N) is 6. The molecule has 0 saturated carbocycles. The predicted octanol–water partition coefficient (Wildman–Crippen LogP) is 32.6. The van der Waals surface area contributed by atoms with Crippen LogP contribution in [0.3, 0.4) is 0 Å². The van der Waals surface area contributed by atoms with Crippen LogP contribution < -0.4 is 0 Å². The lowest BCUT2D eigenvalue weighted by molar-refractivity contribution is 1.17. The van der Waals surface area contributed by atoms with E-state index in [0.717, 1.165) is 34.1 Å². The molecule has 128 heavy (non-hydrogen) atoms. The molecule has 6 aromatic heterocycles. The number of hydrogen-bond donors (Lipinski definition) is 0. The normalized spacial score (nSPS) is 11.9. The highest BCUT2D eigenvalue weighted by Gasteiger charge is 2.26. The molecule has 27 rings (SSSR count). The van der Waals surface area contributed by atoms with Gasteiger partial charge in [0.05, 0.1) is 66.2 Å². The molecular formula is C122H78N6. The Morgan fingerprint density at radius 2 is 0.367 bits per heavy atom. The van der Waals surface area contributed by atoms with Crippen LogP contribution >= 0.6 is 0 Å². The Morgan fingerprint density at radius 3 is 0.797 bits per heavy atom. The van der Waals surface area contributed by atoms with Crippen molar-refractivity contribution in [2.45, 2.75) is 0 Å². The Bertz CT molecular complexity index is 9140. The number of para-hydroxylation sites is 5. The van der Waals surface area contributed by atoms with Crippen LogP contribution in [0.5, 0.6) is 0 Å². The van der Waals surface area contributed by atoms with E-state index in [-0.39, 0.29) is 0 Å². The summed E-state index contributed by atoms with van der Waals surface area (Å²) in [5.41, 5.74) is 33.3. The second-order valence-electron chi connectivity index (χ2n) is 33.9. The molecule has 0 amide bonds. The maximum absolute atomic E-state index is 2.50. The van der Waals surface area contributed by atoms with Crippen molar-refractivity contribution in [2.75, 3.05) is 0 Å². The van der Waals surface area contributed by atoms with Gasteiger partial charge in [-0.25, -0.2) is 0 Å². The molecule has 0 bridgehead atoms. The Labute approximate surface area is 737 Å². The van der Waals surface area contributed by atoms with Crippen LogP contribution in [-0.4, -0.2) is 27.4 Å². The van der Waals surface area contributed by atoms with Gasteiger partial charge in [0.1, 0.15) is 0 Å². The van der Waals surface area contributed by atoms with Crippen LogP contribution in [0.15, 0.2) is 473 Å². The van der Waals surface area contributed by atoms with Gasteiger partial charge in [-0.3, -0.25) is 0 Å². The van der Waals surface area contributed by atoms with Crippen LogP contribution in [0, 0.1) is 0 Å². The smallest absolute Gasteiger partial charge is 0.0641 e. The van der Waals surface area contributed by atoms with Crippen molar-refractivity contribution in [3.8, 4) is 89.8 Å². The number of hydrogen-bond acceptors (Lipinski definition) is 0. The zero-order chi connectivity index (χ0) is 84.0. The van der Waals surface area contributed by atoms with Crippen molar-refractivity contribution in [3.05, 3.63) is 473 Å². The molecule has 0 atom stereocenters. The fourth-order valence-electron chi connectivity index (χ4n) is 20.9. The molecule has 596 valence electrons. The van der Waals surface area contributed by atoms with E-state index in [9.17, 15) is 0 Å². The quantitative estimate of drug-likeness (QED) is 0.124. The van der Waals surface area contributed by atoms with Crippen molar-refractivity contribution in [1.82, 2.24) is 27.4 Å². The van der Waals surface area contributed by atoms with Gasteiger partial charge in [0.25, 0.3) is 0 Å². The average Bonchev–Trinajstić information content (AvgIpc) is 1.54. The molecule has 0 aliphatic heterocycles. The zero-order valence-electron chi connectivity index (χ0n) is 69.7. The lowest BCUT2D eigenvalue weighted by atomic mass is 10.00. The monoisotopic (exact) mass is 1630 g/mol. The molecule has 0 radical (unpaired) electrons. The molecule has 6 heteroatoms. The number of benzene rings is 21. The summed E-state index contributed by atoms with van der Waals surface area (Å²) in [7, 11) is 0. The Hall–Kier alpha value is -17.1. The average molecular weight is 1630 g/mol. The zero-order valence-corrected chi connectivity index (χ0v) is 69.7. The third-order valence-electron chi connectivity index (χ3n) is 26.8. The van der Waals surface area contributed by atoms with Gasteiger partial charge in [0.15, 0.2) is 0 Å². The molecule has 27 aromatic rings. The maximum atomic E-state index is 2.50. The third kappa shape index (κ3) is 11.7. The standard InChI is InChI=1S/C64H41N3.C58H37N3/c1-3-13-42(14-4-1)45-23-30-50(31-24-45)65-59-21-11-9-19-53(59)55-38-48(28-35-61(55)65)49-29-36-62-56(39-49)58-40-57-54-20-10-12-22-60(54)66(51-32-25-46(26-33-51)43-15-5-2-6-16-43)63(57)41-64(58)67(62)52-34-27-44-17-7-8-18-47(44)37-52;1-3-13-38(14-4-1)40-23-28-45(29-24-40)59-52-21-11-9-19-47(52)50-36-42(26-32-54(50)59)43-27-33-55-51(37-43)48-31-34-56-57(49-20-10-12-22-53(49)60(56)44-17-5-2-6-18-44)58(48)61(55)46-30-25-39-15-7-8-16-41(39)35-46/h1-41H;1-37H. The van der Waals surface area contributed by atoms with Gasteiger partial charge in [-0.15, -0.1) is 0 Å². The van der Waals surface area contributed by atoms with Crippen LogP contribution in [0.2, 0.25) is 0 Å². The topological polar surface area (TPSA) is 29.6 Å². The third-order valence-corrected chi connectivity index (χ3v) is 26.8. The van der Waals surface area contributed by atoms with Crippen LogP contribution in [0.4, 0.5) is 0 Å². The minimum atomic E-state index is 1.14. The van der Waals surface area contributed by atoms with Gasteiger partial charge >= 0.3 is 0 Å². The van der Waals surface area contributed by atoms with Crippen LogP contribution in [-0.2, 0) is 0 Å². The number of aromatic nitrogens is 6. The first-order valence-electron chi connectivity index (χ1n) is 44.1. The summed E-state index contributed by atoms with van der Waals surface area (Å²) in [5.74, 6) is 0. The van der Waals surface area contributed by atoms with Crippen molar-refractivity contribution in [3.63, 3.8) is 0 Å². The maximum Gasteiger partial charge on any atom is 0.0641 e. The fourth-order valence-corrected chi connectivity index (χ4v) is 20.9. The summed E-state index contributed by atoms with van der Waals surface area (Å²) in [4.78, 5) is 0. The summed E-state index contributed by atoms with van der Waals surface area (Å²) < 4.78 is 14.6. The van der Waals surface area contributed by atoms with Crippen LogP contribution in [0.25, 0.3) is 242 Å². The molecule has 0 fully saturated rings. The molecule has 0 saturated heterocycles. The molecule has 6 heterocycles. The largest absolute Gasteiger partial charge is 0.309 e. The summed E-state index contributed by atoms with van der Waals surface area (Å²) in [6, 6.07) is 174. The molecular weight excluding hydrogens is 1550 g/mol. The van der Waals surface area contributed by atoms with E-state index in [1.54, 1.807) is 0 Å². The van der Waals surface area contributed by atoms with E-state index in [4.69, 9.17) is 0 Å². The lowest BCUT2D eigenvalue weighted by Gasteiger charge is -2.12. The molecule has 0 N–H and O–H groups in total. The van der Waals surface area contributed by atoms with Crippen LogP contribution in [0.1, 0.15) is 0 Å². The van der Waals surface area contributed by atoms with Crippen molar-refractivity contribution < 1.29 is 0 Å². The van der Waals surface area contributed by atoms with Crippen molar-refractivity contribution >= 4 is 152 Å². The minimum absolute atomic E-state index is 1.14. The van der Waals surface area contributed by atoms with E-state index in [2.05, 4.69) is 501 Å². The van der Waals surface area contributed by atoms with Gasteiger partial charge in [-0.1, -0.05) is 309 Å². The molecule has 0 spiro atoms. The van der Waals surface area contributed by atoms with Crippen molar-refractivity contribution in [2.24, 2.45) is 0 Å². The summed E-state index contributed by atoms with van der Waals surface area (Å²) in [6.07, 6.45) is 0. The van der Waals surface area contributed by atoms with Crippen molar-refractivity contribution in [1.29, 1.82) is 0 Å². The first kappa shape index (κ1) is 72.6. The first-order valence-corrected chi connectivity index (χ1v) is 44.1. The van der Waals surface area contributed by atoms with E-state index in [1.807, 2.05) is 0 Å². The van der Waals surface area contributed by atoms with Gasteiger partial charge in [-0.2, -0.15) is 0 Å². The Balaban J connectivity index is 0.000000136. The second-order valence-corrected chi connectivity index (χ2v) is 33.9. The summed E-state index contributed by atoms with van der Waals surface area (Å²) in [5, 5.41) is 19.8. The van der Waals surface area contributed by atoms with Gasteiger partial charge < -0.3 is 27.4 Å². The number of fused-ring (bicyclic) bond motifs is 21. The fraction of sp³-hybridized carbons (Fsp3) is 0. The molecule has 0 aliphatic rings. The van der Waals surface area contributed by atoms with E-state index in [1.165, 1.54) is 208 Å². The van der Waals surface area contributed by atoms with E-state index >= 15 is 0 Å². The molecule has 6 nitrogen and oxygen atoms in total.